The zero-order valence-electron chi connectivity index (χ0n) is 13.4. The van der Waals surface area contributed by atoms with Gasteiger partial charge in [0.05, 0.1) is 5.69 Å². The van der Waals surface area contributed by atoms with Crippen molar-refractivity contribution in [3.63, 3.8) is 0 Å². The van der Waals surface area contributed by atoms with Crippen molar-refractivity contribution in [2.75, 3.05) is 5.32 Å². The third kappa shape index (κ3) is 3.35. The van der Waals surface area contributed by atoms with Crippen molar-refractivity contribution < 1.29 is 4.79 Å². The first kappa shape index (κ1) is 16.2. The van der Waals surface area contributed by atoms with Gasteiger partial charge in [0.2, 0.25) is 5.91 Å². The van der Waals surface area contributed by atoms with Gasteiger partial charge < -0.3 is 5.32 Å². The Morgan fingerprint density at radius 2 is 1.95 bits per heavy atom. The van der Waals surface area contributed by atoms with E-state index in [9.17, 15) is 9.59 Å². The summed E-state index contributed by atoms with van der Waals surface area (Å²) in [5.41, 5.74) is 1.19. The van der Waals surface area contributed by atoms with Gasteiger partial charge in [-0.05, 0) is 31.9 Å². The van der Waals surface area contributed by atoms with Crippen LogP contribution in [0.4, 0.5) is 5.69 Å². The Bertz CT molecular complexity index is 715. The molecule has 0 aromatic carbocycles. The molecule has 22 heavy (non-hydrogen) atoms. The second-order valence-corrected chi connectivity index (χ2v) is 5.57. The summed E-state index contributed by atoms with van der Waals surface area (Å²) in [5, 5.41) is 2.81. The van der Waals surface area contributed by atoms with Crippen molar-refractivity contribution in [3.05, 3.63) is 40.4 Å². The second-order valence-electron chi connectivity index (χ2n) is 5.57. The predicted molar refractivity (Wildman–Crippen MR) is 88.1 cm³/mol. The number of amides is 1. The molecule has 0 bridgehead atoms. The predicted octanol–water partition coefficient (Wildman–Crippen LogP) is 3.16. The quantitative estimate of drug-likeness (QED) is 0.891. The minimum absolute atomic E-state index is 0.0507. The van der Waals surface area contributed by atoms with Crippen molar-refractivity contribution in [1.82, 2.24) is 9.38 Å². The van der Waals surface area contributed by atoms with Gasteiger partial charge in [0.25, 0.3) is 5.56 Å². The lowest BCUT2D eigenvalue weighted by molar-refractivity contribution is -0.120. The Balaban J connectivity index is 2.34. The third-order valence-electron chi connectivity index (χ3n) is 3.81. The molecule has 118 valence electrons. The summed E-state index contributed by atoms with van der Waals surface area (Å²) in [5.74, 6) is -0.133. The first-order valence-corrected chi connectivity index (χ1v) is 7.87. The highest BCUT2D eigenvalue weighted by molar-refractivity contribution is 5.92. The minimum atomic E-state index is -0.233. The Kier molecular flexibility index (Phi) is 5.31. The van der Waals surface area contributed by atoms with Gasteiger partial charge in [-0.25, -0.2) is 4.98 Å². The first-order valence-electron chi connectivity index (χ1n) is 7.87. The van der Waals surface area contributed by atoms with Crippen LogP contribution in [0.25, 0.3) is 5.65 Å². The summed E-state index contributed by atoms with van der Waals surface area (Å²) < 4.78 is 1.46. The number of fused-ring (bicyclic) bond motifs is 1. The zero-order valence-corrected chi connectivity index (χ0v) is 13.4. The van der Waals surface area contributed by atoms with Crippen LogP contribution in [0.1, 0.15) is 45.2 Å². The number of nitrogens with one attached hydrogen (secondary N) is 1. The van der Waals surface area contributed by atoms with Crippen LogP contribution in [0.3, 0.4) is 0 Å². The number of aromatic nitrogens is 2. The number of hydrogen-bond donors (Lipinski definition) is 1. The Morgan fingerprint density at radius 1 is 1.27 bits per heavy atom. The van der Waals surface area contributed by atoms with Gasteiger partial charge in [0, 0.05) is 12.1 Å². The van der Waals surface area contributed by atoms with E-state index in [2.05, 4.69) is 24.1 Å². The molecule has 0 saturated heterocycles. The van der Waals surface area contributed by atoms with Crippen LogP contribution < -0.4 is 10.9 Å². The average Bonchev–Trinajstić information content (AvgIpc) is 2.51. The van der Waals surface area contributed by atoms with Crippen LogP contribution in [0.2, 0.25) is 0 Å². The van der Waals surface area contributed by atoms with Gasteiger partial charge in [-0.2, -0.15) is 0 Å². The molecule has 0 radical (unpaired) electrons. The first-order chi connectivity index (χ1) is 10.6. The van der Waals surface area contributed by atoms with Crippen LogP contribution >= 0.6 is 0 Å². The highest BCUT2D eigenvalue weighted by atomic mass is 16.2. The standard InChI is InChI=1S/C17H23N3O2/c1-4-8-13(9-5-2)16(21)19-15-12(3)18-14-10-6-7-11-20(14)17(15)22/h6-7,10-11,13H,4-5,8-9H2,1-3H3,(H,19,21). The molecule has 0 spiro atoms. The number of hydrogen-bond acceptors (Lipinski definition) is 3. The van der Waals surface area contributed by atoms with E-state index in [0.717, 1.165) is 25.7 Å². The molecule has 0 aliphatic rings. The third-order valence-corrected chi connectivity index (χ3v) is 3.81. The Labute approximate surface area is 130 Å². The van der Waals surface area contributed by atoms with E-state index in [1.807, 2.05) is 6.07 Å². The van der Waals surface area contributed by atoms with Crippen LogP contribution in [-0.2, 0) is 4.79 Å². The molecule has 1 amide bonds. The number of rotatable bonds is 6. The van der Waals surface area contributed by atoms with Gasteiger partial charge in [0.1, 0.15) is 11.3 Å². The molecule has 0 unspecified atom stereocenters. The monoisotopic (exact) mass is 301 g/mol. The summed E-state index contributed by atoms with van der Waals surface area (Å²) in [6.07, 6.45) is 5.23. The molecular formula is C17H23N3O2. The average molecular weight is 301 g/mol. The SMILES string of the molecule is CCCC(CCC)C(=O)Nc1c(C)nc2ccccn2c1=O. The van der Waals surface area contributed by atoms with E-state index < -0.39 is 0 Å². The molecule has 0 aliphatic heterocycles. The number of pyridine rings is 1. The zero-order chi connectivity index (χ0) is 16.1. The number of carbonyl (C=O) groups excluding carboxylic acids is 1. The number of nitrogens with zero attached hydrogens (tertiary/aromatic N) is 2. The van der Waals surface area contributed by atoms with Gasteiger partial charge in [-0.1, -0.05) is 32.8 Å². The molecule has 2 heterocycles. The van der Waals surface area contributed by atoms with E-state index in [4.69, 9.17) is 0 Å². The maximum atomic E-state index is 12.5. The normalized spacial score (nSPS) is 11.1. The van der Waals surface area contributed by atoms with Crippen molar-refractivity contribution >= 4 is 17.2 Å². The van der Waals surface area contributed by atoms with E-state index >= 15 is 0 Å². The van der Waals surface area contributed by atoms with E-state index in [1.165, 1.54) is 4.40 Å². The van der Waals surface area contributed by atoms with Gasteiger partial charge in [-0.15, -0.1) is 0 Å². The van der Waals surface area contributed by atoms with Gasteiger partial charge in [0.15, 0.2) is 0 Å². The number of carbonyl (C=O) groups is 1. The molecule has 2 aromatic heterocycles. The largest absolute Gasteiger partial charge is 0.320 e. The Morgan fingerprint density at radius 3 is 2.59 bits per heavy atom. The minimum Gasteiger partial charge on any atom is -0.320 e. The molecule has 0 atom stereocenters. The molecule has 5 nitrogen and oxygen atoms in total. The molecule has 1 N–H and O–H groups in total. The van der Waals surface area contributed by atoms with E-state index in [-0.39, 0.29) is 23.1 Å². The maximum absolute atomic E-state index is 12.5. The fourth-order valence-electron chi connectivity index (χ4n) is 2.67. The summed E-state index contributed by atoms with van der Waals surface area (Å²) >= 11 is 0. The van der Waals surface area contributed by atoms with Crippen molar-refractivity contribution in [2.24, 2.45) is 5.92 Å². The van der Waals surface area contributed by atoms with Gasteiger partial charge >= 0.3 is 0 Å². The van der Waals surface area contributed by atoms with Crippen LogP contribution in [0.15, 0.2) is 29.2 Å². The summed E-state index contributed by atoms with van der Waals surface area (Å²) in [6, 6.07) is 5.38. The van der Waals surface area contributed by atoms with Crippen LogP contribution in [-0.4, -0.2) is 15.3 Å². The highest BCUT2D eigenvalue weighted by Crippen LogP contribution is 2.17. The smallest absolute Gasteiger partial charge is 0.281 e. The van der Waals surface area contributed by atoms with Crippen molar-refractivity contribution in [1.29, 1.82) is 0 Å². The lowest BCUT2D eigenvalue weighted by Gasteiger charge is -2.16. The topological polar surface area (TPSA) is 63.5 Å². The van der Waals surface area contributed by atoms with Crippen LogP contribution in [0.5, 0.6) is 0 Å². The fourth-order valence-corrected chi connectivity index (χ4v) is 2.67. The summed E-state index contributed by atoms with van der Waals surface area (Å²) in [7, 11) is 0. The molecule has 2 rings (SSSR count). The van der Waals surface area contributed by atoms with E-state index in [1.54, 1.807) is 25.3 Å². The van der Waals surface area contributed by atoms with Crippen molar-refractivity contribution in [3.8, 4) is 0 Å². The molecule has 0 aliphatic carbocycles. The number of anilines is 1. The fraction of sp³-hybridized carbons (Fsp3) is 0.471. The van der Waals surface area contributed by atoms with Crippen LogP contribution in [0, 0.1) is 12.8 Å². The van der Waals surface area contributed by atoms with Gasteiger partial charge in [-0.3, -0.25) is 14.0 Å². The lowest BCUT2D eigenvalue weighted by atomic mass is 9.97. The summed E-state index contributed by atoms with van der Waals surface area (Å²) in [4.78, 5) is 29.4. The molecule has 0 fully saturated rings. The van der Waals surface area contributed by atoms with Crippen molar-refractivity contribution in [2.45, 2.75) is 46.5 Å². The highest BCUT2D eigenvalue weighted by Gasteiger charge is 2.19. The number of aryl methyl sites for hydroxylation is 1. The Hall–Kier alpha value is -2.17. The molecule has 0 saturated carbocycles. The maximum Gasteiger partial charge on any atom is 0.281 e. The second kappa shape index (κ2) is 7.20. The lowest BCUT2D eigenvalue weighted by Crippen LogP contribution is -2.29. The summed E-state index contributed by atoms with van der Waals surface area (Å²) in [6.45, 7) is 5.87. The molecule has 5 heteroatoms. The van der Waals surface area contributed by atoms with E-state index in [0.29, 0.717) is 11.3 Å². The molecule has 2 aromatic rings. The molecular weight excluding hydrogens is 278 g/mol.